The largest absolute Gasteiger partial charge is 0.348 e. The molecule has 11 nitrogen and oxygen atoms in total. The Balaban J connectivity index is 1.18. The van der Waals surface area contributed by atoms with Gasteiger partial charge in [0.15, 0.2) is 5.65 Å². The molecule has 1 aliphatic carbocycles. The fraction of sp³-hybridized carbons (Fsp3) is 0.176. The standard InChI is InChI=1S/C34H28FN7O4/c35-22-18-27-30(36-19-22)41(26-10-6-7-21(17-26)31(43)37-23-8-2-1-3-9-23)34(46)42(33(27)45)25-14-12-24(13-15-25)38-32(44)28-20-40-16-5-4-11-29(40)39-28/h1-11,16-20,24-25H,12-15H2,(H,37,43)(H,38,44). The first kappa shape index (κ1) is 28.8. The Kier molecular flexibility index (Phi) is 7.45. The monoisotopic (exact) mass is 617 g/mol. The first-order valence-corrected chi connectivity index (χ1v) is 14.9. The van der Waals surface area contributed by atoms with Crippen molar-refractivity contribution in [3.8, 4) is 5.69 Å². The third-order valence-electron chi connectivity index (χ3n) is 8.28. The van der Waals surface area contributed by atoms with Crippen molar-refractivity contribution in [2.24, 2.45) is 0 Å². The van der Waals surface area contributed by atoms with Gasteiger partial charge in [0.05, 0.1) is 17.3 Å². The van der Waals surface area contributed by atoms with Gasteiger partial charge >= 0.3 is 5.69 Å². The molecule has 1 fully saturated rings. The number of anilines is 1. The van der Waals surface area contributed by atoms with Gasteiger partial charge in [-0.05, 0) is 74.2 Å². The smallest absolute Gasteiger partial charge is 0.337 e. The number of nitrogens with one attached hydrogen (secondary N) is 2. The number of imidazole rings is 1. The van der Waals surface area contributed by atoms with Crippen LogP contribution in [0.4, 0.5) is 10.1 Å². The van der Waals surface area contributed by atoms with Crippen LogP contribution in [-0.4, -0.2) is 41.4 Å². The van der Waals surface area contributed by atoms with Gasteiger partial charge < -0.3 is 15.0 Å². The molecule has 0 atom stereocenters. The molecule has 4 heterocycles. The summed E-state index contributed by atoms with van der Waals surface area (Å²) >= 11 is 0. The molecular weight excluding hydrogens is 589 g/mol. The highest BCUT2D eigenvalue weighted by molar-refractivity contribution is 6.04. The van der Waals surface area contributed by atoms with Gasteiger partial charge in [0, 0.05) is 35.7 Å². The van der Waals surface area contributed by atoms with E-state index in [0.717, 1.165) is 16.8 Å². The van der Waals surface area contributed by atoms with Crippen LogP contribution in [0, 0.1) is 5.82 Å². The zero-order chi connectivity index (χ0) is 31.8. The van der Waals surface area contributed by atoms with Crippen LogP contribution in [0.15, 0.2) is 107 Å². The summed E-state index contributed by atoms with van der Waals surface area (Å²) in [5, 5.41) is 5.79. The topological polar surface area (TPSA) is 132 Å². The van der Waals surface area contributed by atoms with Crippen LogP contribution >= 0.6 is 0 Å². The van der Waals surface area contributed by atoms with Gasteiger partial charge in [-0.15, -0.1) is 0 Å². The lowest BCUT2D eigenvalue weighted by atomic mass is 9.90. The molecule has 1 saturated carbocycles. The number of fused-ring (bicyclic) bond motifs is 2. The Morgan fingerprint density at radius 1 is 0.870 bits per heavy atom. The maximum atomic E-state index is 14.4. The number of pyridine rings is 2. The van der Waals surface area contributed by atoms with Gasteiger partial charge in [-0.25, -0.2) is 23.7 Å². The van der Waals surface area contributed by atoms with Crippen molar-refractivity contribution in [1.82, 2.24) is 28.8 Å². The minimum Gasteiger partial charge on any atom is -0.348 e. The van der Waals surface area contributed by atoms with Gasteiger partial charge in [0.1, 0.15) is 17.2 Å². The number of hydrogen-bond donors (Lipinski definition) is 2. The predicted octanol–water partition coefficient (Wildman–Crippen LogP) is 4.50. The maximum Gasteiger partial charge on any atom is 0.337 e. The predicted molar refractivity (Wildman–Crippen MR) is 170 cm³/mol. The zero-order valence-electron chi connectivity index (χ0n) is 24.5. The molecule has 0 unspecified atom stereocenters. The average Bonchev–Trinajstić information content (AvgIpc) is 3.51. The Morgan fingerprint density at radius 2 is 1.65 bits per heavy atom. The van der Waals surface area contributed by atoms with E-state index in [1.807, 2.05) is 30.5 Å². The summed E-state index contributed by atoms with van der Waals surface area (Å²) in [6, 6.07) is 21.3. The number of hydrogen-bond acceptors (Lipinski definition) is 6. The molecule has 46 heavy (non-hydrogen) atoms. The fourth-order valence-electron chi connectivity index (χ4n) is 6.03. The molecular formula is C34H28FN7O4. The van der Waals surface area contributed by atoms with Crippen molar-refractivity contribution in [3.05, 3.63) is 135 Å². The first-order valence-electron chi connectivity index (χ1n) is 14.9. The molecule has 230 valence electrons. The molecule has 0 saturated heterocycles. The second-order valence-electron chi connectivity index (χ2n) is 11.3. The van der Waals surface area contributed by atoms with Gasteiger partial charge in [-0.2, -0.15) is 0 Å². The number of halogens is 1. The van der Waals surface area contributed by atoms with Gasteiger partial charge in [-0.3, -0.25) is 19.0 Å². The lowest BCUT2D eigenvalue weighted by Gasteiger charge is -2.30. The van der Waals surface area contributed by atoms with Crippen molar-refractivity contribution < 1.29 is 14.0 Å². The van der Waals surface area contributed by atoms with Crippen molar-refractivity contribution in [3.63, 3.8) is 0 Å². The van der Waals surface area contributed by atoms with E-state index in [-0.39, 0.29) is 34.5 Å². The van der Waals surface area contributed by atoms with Crippen LogP contribution in [0.1, 0.15) is 52.6 Å². The van der Waals surface area contributed by atoms with Gasteiger partial charge in [-0.1, -0.05) is 30.3 Å². The van der Waals surface area contributed by atoms with Crippen LogP contribution in [-0.2, 0) is 0 Å². The molecule has 2 aromatic carbocycles. The number of carbonyl (C=O) groups excluding carboxylic acids is 2. The molecule has 1 aliphatic rings. The number of para-hydroxylation sites is 1. The van der Waals surface area contributed by atoms with Gasteiger partial charge in [0.2, 0.25) is 0 Å². The molecule has 7 rings (SSSR count). The molecule has 0 bridgehead atoms. The van der Waals surface area contributed by atoms with Crippen LogP contribution < -0.4 is 21.9 Å². The normalized spacial score (nSPS) is 16.4. The SMILES string of the molecule is O=C(Nc1ccccc1)c1cccc(-n2c(=O)n(C3CCC(NC(=O)c4cn5ccccc5n4)CC3)c(=O)c3cc(F)cnc32)c1. The Morgan fingerprint density at radius 3 is 2.43 bits per heavy atom. The molecule has 0 spiro atoms. The van der Waals surface area contributed by atoms with Crippen LogP contribution in [0.3, 0.4) is 0 Å². The second kappa shape index (κ2) is 11.9. The number of nitrogens with zero attached hydrogens (tertiary/aromatic N) is 5. The lowest BCUT2D eigenvalue weighted by Crippen LogP contribution is -2.45. The minimum atomic E-state index is -0.712. The van der Waals surface area contributed by atoms with Crippen molar-refractivity contribution in [2.45, 2.75) is 37.8 Å². The molecule has 2 amide bonds. The van der Waals surface area contributed by atoms with Crippen LogP contribution in [0.2, 0.25) is 0 Å². The van der Waals surface area contributed by atoms with E-state index in [9.17, 15) is 23.6 Å². The summed E-state index contributed by atoms with van der Waals surface area (Å²) in [6.07, 6.45) is 6.33. The van der Waals surface area contributed by atoms with E-state index >= 15 is 0 Å². The van der Waals surface area contributed by atoms with E-state index in [1.165, 1.54) is 10.6 Å². The van der Waals surface area contributed by atoms with E-state index in [4.69, 9.17) is 0 Å². The molecule has 0 aliphatic heterocycles. The Labute approximate surface area is 261 Å². The first-order chi connectivity index (χ1) is 22.4. The Hall–Kier alpha value is -5.91. The number of aromatic nitrogens is 5. The summed E-state index contributed by atoms with van der Waals surface area (Å²) in [5.74, 6) is -1.40. The van der Waals surface area contributed by atoms with E-state index in [2.05, 4.69) is 20.6 Å². The number of rotatable bonds is 6. The quantitative estimate of drug-likeness (QED) is 0.283. The third kappa shape index (κ3) is 5.45. The van der Waals surface area contributed by atoms with Crippen molar-refractivity contribution in [2.75, 3.05) is 5.32 Å². The number of amides is 2. The second-order valence-corrected chi connectivity index (χ2v) is 11.3. The van der Waals surface area contributed by atoms with E-state index in [1.54, 1.807) is 53.1 Å². The summed E-state index contributed by atoms with van der Waals surface area (Å²) < 4.78 is 18.6. The van der Waals surface area contributed by atoms with E-state index in [0.29, 0.717) is 48.4 Å². The summed E-state index contributed by atoms with van der Waals surface area (Å²) in [7, 11) is 0. The van der Waals surface area contributed by atoms with Crippen LogP contribution in [0.25, 0.3) is 22.4 Å². The fourth-order valence-corrected chi connectivity index (χ4v) is 6.03. The van der Waals surface area contributed by atoms with Crippen molar-refractivity contribution >= 4 is 34.2 Å². The summed E-state index contributed by atoms with van der Waals surface area (Å²) in [4.78, 5) is 62.3. The minimum absolute atomic E-state index is 0.0123. The zero-order valence-corrected chi connectivity index (χ0v) is 24.5. The molecule has 4 aromatic heterocycles. The van der Waals surface area contributed by atoms with Crippen molar-refractivity contribution in [1.29, 1.82) is 0 Å². The van der Waals surface area contributed by atoms with E-state index < -0.39 is 23.1 Å². The number of benzene rings is 2. The average molecular weight is 618 g/mol. The van der Waals surface area contributed by atoms with Crippen LogP contribution in [0.5, 0.6) is 0 Å². The third-order valence-corrected chi connectivity index (χ3v) is 8.28. The summed E-state index contributed by atoms with van der Waals surface area (Å²) in [6.45, 7) is 0. The highest BCUT2D eigenvalue weighted by Gasteiger charge is 2.28. The molecule has 2 N–H and O–H groups in total. The molecule has 12 heteroatoms. The summed E-state index contributed by atoms with van der Waals surface area (Å²) in [5.41, 5.74) is 0.860. The Bertz CT molecular complexity index is 2200. The number of carbonyl (C=O) groups is 2. The lowest BCUT2D eigenvalue weighted by molar-refractivity contribution is 0.0917. The molecule has 0 radical (unpaired) electrons. The highest BCUT2D eigenvalue weighted by atomic mass is 19.1. The maximum absolute atomic E-state index is 14.4. The molecule has 6 aromatic rings. The highest BCUT2D eigenvalue weighted by Crippen LogP contribution is 2.28. The van der Waals surface area contributed by atoms with Gasteiger partial charge in [0.25, 0.3) is 17.4 Å².